The number of benzene rings is 1. The van der Waals surface area contributed by atoms with Crippen LogP contribution in [0.4, 0.5) is 15.8 Å². The number of fused-ring (bicyclic) bond motifs is 1. The molecule has 0 amide bonds. The number of rotatable bonds is 6. The van der Waals surface area contributed by atoms with Crippen molar-refractivity contribution in [3.05, 3.63) is 91.4 Å². The first-order chi connectivity index (χ1) is 13.6. The quantitative estimate of drug-likeness (QED) is 0.459. The molecule has 0 radical (unpaired) electrons. The maximum atomic E-state index is 13.4. The number of hydrogen-bond donors (Lipinski definition) is 3. The second kappa shape index (κ2) is 7.32. The van der Waals surface area contributed by atoms with Crippen molar-refractivity contribution in [2.75, 3.05) is 10.6 Å². The van der Waals surface area contributed by atoms with Crippen molar-refractivity contribution in [2.45, 2.75) is 0 Å². The Morgan fingerprint density at radius 2 is 1.82 bits per heavy atom. The number of H-pyrrole nitrogens is 1. The summed E-state index contributed by atoms with van der Waals surface area (Å²) in [6.45, 7) is 8.02. The monoisotopic (exact) mass is 372 g/mol. The zero-order valence-corrected chi connectivity index (χ0v) is 14.9. The summed E-state index contributed by atoms with van der Waals surface area (Å²) in [4.78, 5) is 8.27. The van der Waals surface area contributed by atoms with Crippen LogP contribution < -0.4 is 10.6 Å². The van der Waals surface area contributed by atoms with E-state index >= 15 is 0 Å². The van der Waals surface area contributed by atoms with E-state index in [9.17, 15) is 4.39 Å². The Kier molecular flexibility index (Phi) is 4.55. The van der Waals surface area contributed by atoms with Gasteiger partial charge in [0.1, 0.15) is 11.5 Å². The van der Waals surface area contributed by atoms with Crippen LogP contribution in [-0.4, -0.2) is 20.2 Å². The highest BCUT2D eigenvalue weighted by Crippen LogP contribution is 2.26. The van der Waals surface area contributed by atoms with Crippen LogP contribution in [0.5, 0.6) is 0 Å². The minimum Gasteiger partial charge on any atom is -0.353 e. The molecule has 0 saturated carbocycles. The highest BCUT2D eigenvalue weighted by atomic mass is 19.1. The first-order valence-electron chi connectivity index (χ1n) is 8.51. The van der Waals surface area contributed by atoms with Crippen molar-refractivity contribution in [1.29, 1.82) is 0 Å². The van der Waals surface area contributed by atoms with Gasteiger partial charge in [-0.2, -0.15) is 5.10 Å². The topological polar surface area (TPSA) is 78.5 Å². The van der Waals surface area contributed by atoms with Gasteiger partial charge in [-0.25, -0.2) is 4.39 Å². The van der Waals surface area contributed by atoms with E-state index in [1.54, 1.807) is 12.4 Å². The molecular formula is C21H17FN6. The van der Waals surface area contributed by atoms with Crippen molar-refractivity contribution in [3.8, 4) is 0 Å². The molecule has 0 atom stereocenters. The summed E-state index contributed by atoms with van der Waals surface area (Å²) >= 11 is 0. The number of pyridine rings is 2. The molecule has 0 fully saturated rings. The highest BCUT2D eigenvalue weighted by molar-refractivity contribution is 5.87. The van der Waals surface area contributed by atoms with Crippen LogP contribution in [0.2, 0.25) is 0 Å². The van der Waals surface area contributed by atoms with Crippen LogP contribution in [0.15, 0.2) is 74.3 Å². The van der Waals surface area contributed by atoms with Crippen molar-refractivity contribution in [3.63, 3.8) is 0 Å². The molecule has 138 valence electrons. The van der Waals surface area contributed by atoms with Gasteiger partial charge >= 0.3 is 0 Å². The van der Waals surface area contributed by atoms with Crippen LogP contribution in [0.3, 0.4) is 0 Å². The molecule has 0 aliphatic heterocycles. The van der Waals surface area contributed by atoms with Gasteiger partial charge in [-0.1, -0.05) is 31.4 Å². The summed E-state index contributed by atoms with van der Waals surface area (Å²) in [5, 5.41) is 14.3. The van der Waals surface area contributed by atoms with Crippen molar-refractivity contribution in [1.82, 2.24) is 20.2 Å². The average Bonchev–Trinajstić information content (AvgIpc) is 3.16. The number of nitrogens with one attached hydrogen (secondary N) is 3. The minimum absolute atomic E-state index is 0.428. The van der Waals surface area contributed by atoms with Crippen LogP contribution in [0.1, 0.15) is 11.3 Å². The Hall–Kier alpha value is -4.00. The van der Waals surface area contributed by atoms with E-state index in [-0.39, 0.29) is 0 Å². The molecule has 0 aliphatic rings. The zero-order chi connectivity index (χ0) is 19.5. The largest absolute Gasteiger partial charge is 0.353 e. The lowest BCUT2D eigenvalue weighted by molar-refractivity contribution is 0.621. The summed E-state index contributed by atoms with van der Waals surface area (Å²) in [5.41, 5.74) is 4.67. The molecule has 3 N–H and O–H groups in total. The first-order valence-corrected chi connectivity index (χ1v) is 8.51. The number of aromatic amines is 1. The van der Waals surface area contributed by atoms with Gasteiger partial charge < -0.3 is 10.6 Å². The van der Waals surface area contributed by atoms with E-state index in [2.05, 4.69) is 44.0 Å². The number of nitrogens with zero attached hydrogens (tertiary/aromatic N) is 3. The lowest BCUT2D eigenvalue weighted by atomic mass is 10.2. The number of halogens is 1. The molecule has 0 saturated heterocycles. The summed E-state index contributed by atoms with van der Waals surface area (Å²) in [6.07, 6.45) is 6.03. The Balaban J connectivity index is 1.52. The second-order valence-corrected chi connectivity index (χ2v) is 6.17. The zero-order valence-electron chi connectivity index (χ0n) is 14.9. The second-order valence-electron chi connectivity index (χ2n) is 6.17. The molecule has 4 aromatic rings. The molecular weight excluding hydrogens is 355 g/mol. The molecule has 4 rings (SSSR count). The summed E-state index contributed by atoms with van der Waals surface area (Å²) in [7, 11) is 0. The first kappa shape index (κ1) is 17.4. The number of anilines is 2. The molecule has 7 heteroatoms. The SMILES string of the molecule is C=C(Nc1cn[nH]c1C(=C)Nc1cnc2ccccc2c1)c1cncc(F)c1. The van der Waals surface area contributed by atoms with Crippen molar-refractivity contribution < 1.29 is 4.39 Å². The van der Waals surface area contributed by atoms with Crippen LogP contribution in [0.25, 0.3) is 22.3 Å². The van der Waals surface area contributed by atoms with Crippen LogP contribution in [-0.2, 0) is 0 Å². The van der Waals surface area contributed by atoms with E-state index < -0.39 is 5.82 Å². The molecule has 0 unspecified atom stereocenters. The Labute approximate surface area is 160 Å². The third-order valence-electron chi connectivity index (χ3n) is 4.17. The van der Waals surface area contributed by atoms with E-state index in [4.69, 9.17) is 0 Å². The predicted octanol–water partition coefficient (Wildman–Crippen LogP) is 4.66. The normalized spacial score (nSPS) is 10.6. The molecule has 6 nitrogen and oxygen atoms in total. The number of hydrogen-bond acceptors (Lipinski definition) is 5. The van der Waals surface area contributed by atoms with Gasteiger partial charge in [0.05, 0.1) is 41.2 Å². The minimum atomic E-state index is -0.428. The third-order valence-corrected chi connectivity index (χ3v) is 4.17. The maximum Gasteiger partial charge on any atom is 0.142 e. The summed E-state index contributed by atoms with van der Waals surface area (Å²) in [5.74, 6) is -0.428. The van der Waals surface area contributed by atoms with Gasteiger partial charge in [-0.15, -0.1) is 0 Å². The Morgan fingerprint density at radius 3 is 2.68 bits per heavy atom. The highest BCUT2D eigenvalue weighted by Gasteiger charge is 2.11. The molecule has 28 heavy (non-hydrogen) atoms. The number of para-hydroxylation sites is 1. The van der Waals surface area contributed by atoms with Crippen molar-refractivity contribution in [2.24, 2.45) is 0 Å². The smallest absolute Gasteiger partial charge is 0.142 e. The predicted molar refractivity (Wildman–Crippen MR) is 110 cm³/mol. The summed E-state index contributed by atoms with van der Waals surface area (Å²) < 4.78 is 13.4. The molecule has 3 heterocycles. The number of aromatic nitrogens is 4. The Morgan fingerprint density at radius 1 is 0.964 bits per heavy atom. The van der Waals surface area contributed by atoms with Crippen LogP contribution in [0, 0.1) is 5.82 Å². The summed E-state index contributed by atoms with van der Waals surface area (Å²) in [6, 6.07) is 11.2. The fourth-order valence-electron chi connectivity index (χ4n) is 2.80. The van der Waals surface area contributed by atoms with Gasteiger partial charge in [-0.05, 0) is 18.2 Å². The van der Waals surface area contributed by atoms with Crippen LogP contribution >= 0.6 is 0 Å². The van der Waals surface area contributed by atoms with Gasteiger partial charge in [0.15, 0.2) is 0 Å². The lowest BCUT2D eigenvalue weighted by Crippen LogP contribution is -2.04. The molecule has 1 aromatic carbocycles. The third kappa shape index (κ3) is 3.59. The van der Waals surface area contributed by atoms with E-state index in [0.29, 0.717) is 28.3 Å². The van der Waals surface area contributed by atoms with E-state index in [1.807, 2.05) is 30.3 Å². The Bertz CT molecular complexity index is 1180. The lowest BCUT2D eigenvalue weighted by Gasteiger charge is -2.13. The average molecular weight is 372 g/mol. The fourth-order valence-corrected chi connectivity index (χ4v) is 2.80. The van der Waals surface area contributed by atoms with Gasteiger partial charge in [0.25, 0.3) is 0 Å². The standard InChI is InChI=1S/C21H17FN6/c1-13(16-7-17(22)10-23-9-16)27-20-12-25-28-21(20)14(2)26-18-8-15-5-3-4-6-19(15)24-11-18/h3-12,26-27H,1-2H2,(H,25,28). The molecule has 0 spiro atoms. The van der Waals surface area contributed by atoms with Gasteiger partial charge in [0.2, 0.25) is 0 Å². The maximum absolute atomic E-state index is 13.4. The van der Waals surface area contributed by atoms with E-state index in [1.165, 1.54) is 12.3 Å². The fraction of sp³-hybridized carbons (Fsp3) is 0. The van der Waals surface area contributed by atoms with Gasteiger partial charge in [0, 0.05) is 22.8 Å². The molecule has 3 aromatic heterocycles. The molecule has 0 bridgehead atoms. The van der Waals surface area contributed by atoms with Gasteiger partial charge in [-0.3, -0.25) is 15.1 Å². The van der Waals surface area contributed by atoms with E-state index in [0.717, 1.165) is 22.8 Å². The van der Waals surface area contributed by atoms with Crippen molar-refractivity contribution >= 4 is 33.7 Å². The molecule has 0 aliphatic carbocycles.